The van der Waals surface area contributed by atoms with Crippen molar-refractivity contribution in [3.63, 3.8) is 0 Å². The van der Waals surface area contributed by atoms with Gasteiger partial charge in [-0.05, 0) is 68.7 Å². The Morgan fingerprint density at radius 1 is 1.16 bits per heavy atom. The molecule has 1 aromatic carbocycles. The van der Waals surface area contributed by atoms with Gasteiger partial charge in [0.1, 0.15) is 18.7 Å². The van der Waals surface area contributed by atoms with Crippen LogP contribution in [-0.4, -0.2) is 83.7 Å². The van der Waals surface area contributed by atoms with Crippen molar-refractivity contribution in [3.8, 4) is 10.4 Å². The van der Waals surface area contributed by atoms with Crippen LogP contribution < -0.4 is 16.0 Å². The summed E-state index contributed by atoms with van der Waals surface area (Å²) < 4.78 is 5.65. The molecule has 0 saturated carbocycles. The fraction of sp³-hybridized carbons (Fsp3) is 0.625. The molecule has 43 heavy (non-hydrogen) atoms. The molecule has 3 amide bonds. The second kappa shape index (κ2) is 14.7. The van der Waals surface area contributed by atoms with Gasteiger partial charge in [0.2, 0.25) is 17.7 Å². The van der Waals surface area contributed by atoms with Crippen molar-refractivity contribution in [2.24, 2.45) is 11.3 Å². The number of hydrogen-bond donors (Lipinski definition) is 4. The summed E-state index contributed by atoms with van der Waals surface area (Å²) in [6.07, 6.45) is 2.45. The van der Waals surface area contributed by atoms with Crippen molar-refractivity contribution in [2.45, 2.75) is 84.5 Å². The Labute approximate surface area is 259 Å². The molecule has 2 aliphatic heterocycles. The molecule has 11 heteroatoms. The Morgan fingerprint density at radius 3 is 2.49 bits per heavy atom. The SMILES string of the molecule is Cc1ncsc1-c1ccc([C@H](C)NC(=O)C2CC(O)CN2C(=O)[C@@H](NC(=O)COCCC2CCNCC2)C(C)(C)C)cc1. The highest BCUT2D eigenvalue weighted by Crippen LogP contribution is 2.29. The van der Waals surface area contributed by atoms with Crippen LogP contribution >= 0.6 is 11.3 Å². The maximum Gasteiger partial charge on any atom is 0.246 e. The zero-order chi connectivity index (χ0) is 31.1. The van der Waals surface area contributed by atoms with E-state index in [1.165, 1.54) is 4.90 Å². The van der Waals surface area contributed by atoms with Gasteiger partial charge in [0.05, 0.1) is 28.2 Å². The van der Waals surface area contributed by atoms with Gasteiger partial charge in [0.25, 0.3) is 0 Å². The van der Waals surface area contributed by atoms with Crippen LogP contribution in [0.25, 0.3) is 10.4 Å². The number of carbonyl (C=O) groups is 3. The number of likely N-dealkylation sites (tertiary alicyclic amines) is 1. The van der Waals surface area contributed by atoms with Gasteiger partial charge in [-0.1, -0.05) is 45.0 Å². The summed E-state index contributed by atoms with van der Waals surface area (Å²) in [6.45, 7) is 11.9. The zero-order valence-electron chi connectivity index (χ0n) is 26.0. The Hall–Kier alpha value is -2.86. The number of aliphatic hydroxyl groups is 1. The highest BCUT2D eigenvalue weighted by Gasteiger charge is 2.44. The number of piperidine rings is 1. The van der Waals surface area contributed by atoms with Crippen LogP contribution in [0.4, 0.5) is 0 Å². The molecule has 236 valence electrons. The van der Waals surface area contributed by atoms with E-state index in [1.54, 1.807) is 11.3 Å². The number of carbonyl (C=O) groups excluding carboxylic acids is 3. The van der Waals surface area contributed by atoms with E-state index in [4.69, 9.17) is 4.74 Å². The van der Waals surface area contributed by atoms with E-state index >= 15 is 0 Å². The average molecular weight is 614 g/mol. The normalized spacial score (nSPS) is 20.9. The second-order valence-corrected chi connectivity index (χ2v) is 13.8. The highest BCUT2D eigenvalue weighted by atomic mass is 32.1. The minimum absolute atomic E-state index is 0.0311. The first-order chi connectivity index (χ1) is 20.4. The quantitative estimate of drug-likeness (QED) is 0.286. The Kier molecular flexibility index (Phi) is 11.3. The third kappa shape index (κ3) is 8.84. The van der Waals surface area contributed by atoms with Crippen LogP contribution in [-0.2, 0) is 19.1 Å². The van der Waals surface area contributed by atoms with Gasteiger partial charge in [-0.2, -0.15) is 0 Å². The smallest absolute Gasteiger partial charge is 0.246 e. The number of aliphatic hydroxyl groups excluding tert-OH is 1. The van der Waals surface area contributed by atoms with Crippen LogP contribution in [0.3, 0.4) is 0 Å². The lowest BCUT2D eigenvalue weighted by Gasteiger charge is -2.35. The number of nitrogens with zero attached hydrogens (tertiary/aromatic N) is 2. The van der Waals surface area contributed by atoms with E-state index in [0.717, 1.165) is 54.0 Å². The number of thiazole rings is 1. The molecule has 2 fully saturated rings. The lowest BCUT2D eigenvalue weighted by Crippen LogP contribution is -2.58. The number of amides is 3. The summed E-state index contributed by atoms with van der Waals surface area (Å²) in [5.41, 5.74) is 4.18. The zero-order valence-corrected chi connectivity index (χ0v) is 26.8. The molecule has 4 N–H and O–H groups in total. The van der Waals surface area contributed by atoms with Gasteiger partial charge in [-0.15, -0.1) is 11.3 Å². The van der Waals surface area contributed by atoms with Crippen molar-refractivity contribution < 1.29 is 24.2 Å². The largest absolute Gasteiger partial charge is 0.391 e. The van der Waals surface area contributed by atoms with Crippen molar-refractivity contribution in [2.75, 3.05) is 32.8 Å². The number of nitrogens with one attached hydrogen (secondary N) is 3. The van der Waals surface area contributed by atoms with Crippen LogP contribution in [0.5, 0.6) is 0 Å². The molecule has 0 bridgehead atoms. The first-order valence-electron chi connectivity index (χ1n) is 15.3. The van der Waals surface area contributed by atoms with Crippen LogP contribution in [0.1, 0.15) is 70.7 Å². The summed E-state index contributed by atoms with van der Waals surface area (Å²) in [5, 5.41) is 19.7. The Bertz CT molecular complexity index is 1240. The number of aromatic nitrogens is 1. The van der Waals surface area contributed by atoms with E-state index in [0.29, 0.717) is 12.5 Å². The van der Waals surface area contributed by atoms with Gasteiger partial charge in [-0.25, -0.2) is 4.98 Å². The lowest BCUT2D eigenvalue weighted by atomic mass is 9.85. The summed E-state index contributed by atoms with van der Waals surface area (Å²) >= 11 is 1.59. The molecule has 0 aliphatic carbocycles. The Morgan fingerprint density at radius 2 is 1.86 bits per heavy atom. The molecule has 10 nitrogen and oxygen atoms in total. The molecule has 4 rings (SSSR count). The minimum atomic E-state index is -0.881. The number of hydrogen-bond acceptors (Lipinski definition) is 8. The molecule has 2 aromatic rings. The van der Waals surface area contributed by atoms with Gasteiger partial charge in [0.15, 0.2) is 0 Å². The predicted octanol–water partition coefficient (Wildman–Crippen LogP) is 3.19. The molecule has 2 saturated heterocycles. The summed E-state index contributed by atoms with van der Waals surface area (Å²) in [5.74, 6) is -0.484. The molecule has 2 aliphatic rings. The molecular weight excluding hydrogens is 566 g/mol. The fourth-order valence-electron chi connectivity index (χ4n) is 5.80. The standard InChI is InChI=1S/C32H47N5O5S/c1-20(23-6-8-24(9-7-23)28-21(2)34-19-43-28)35-30(40)26-16-25(38)17-37(26)31(41)29(32(3,4)5)36-27(39)18-42-15-12-22-10-13-33-14-11-22/h6-9,19-20,22,25-26,29,33,38H,10-18H2,1-5H3,(H,35,40)(H,36,39)/t20-,25?,26?,29+/m0/s1. The van der Waals surface area contributed by atoms with E-state index in [9.17, 15) is 19.5 Å². The van der Waals surface area contributed by atoms with Crippen LogP contribution in [0, 0.1) is 18.3 Å². The molecule has 4 atom stereocenters. The topological polar surface area (TPSA) is 133 Å². The predicted molar refractivity (Wildman–Crippen MR) is 167 cm³/mol. The van der Waals surface area contributed by atoms with Crippen molar-refractivity contribution in [3.05, 3.63) is 41.0 Å². The molecule has 2 unspecified atom stereocenters. The summed E-state index contributed by atoms with van der Waals surface area (Å²) in [7, 11) is 0. The van der Waals surface area contributed by atoms with Crippen molar-refractivity contribution in [1.82, 2.24) is 25.8 Å². The number of rotatable bonds is 11. The molecule has 3 heterocycles. The van der Waals surface area contributed by atoms with E-state index in [2.05, 4.69) is 20.9 Å². The summed E-state index contributed by atoms with van der Waals surface area (Å²) in [4.78, 5) is 46.9. The van der Waals surface area contributed by atoms with E-state index in [-0.39, 0.29) is 43.3 Å². The highest BCUT2D eigenvalue weighted by molar-refractivity contribution is 7.13. The monoisotopic (exact) mass is 613 g/mol. The van der Waals surface area contributed by atoms with Gasteiger partial charge < -0.3 is 30.7 Å². The van der Waals surface area contributed by atoms with E-state index in [1.807, 2.05) is 64.4 Å². The fourth-order valence-corrected chi connectivity index (χ4v) is 6.62. The van der Waals surface area contributed by atoms with Gasteiger partial charge in [0, 0.05) is 19.6 Å². The maximum atomic E-state index is 13.8. The van der Waals surface area contributed by atoms with Gasteiger partial charge in [-0.3, -0.25) is 14.4 Å². The van der Waals surface area contributed by atoms with Crippen molar-refractivity contribution in [1.29, 1.82) is 0 Å². The lowest BCUT2D eigenvalue weighted by molar-refractivity contribution is -0.144. The van der Waals surface area contributed by atoms with Gasteiger partial charge >= 0.3 is 0 Å². The number of benzene rings is 1. The number of aryl methyl sites for hydroxylation is 1. The van der Waals surface area contributed by atoms with E-state index < -0.39 is 23.6 Å². The second-order valence-electron chi connectivity index (χ2n) is 12.9. The summed E-state index contributed by atoms with van der Waals surface area (Å²) in [6, 6.07) is 5.96. The molecular formula is C32H47N5O5S. The van der Waals surface area contributed by atoms with Crippen LogP contribution in [0.15, 0.2) is 29.8 Å². The average Bonchev–Trinajstić information content (AvgIpc) is 3.59. The first-order valence-corrected chi connectivity index (χ1v) is 16.2. The maximum absolute atomic E-state index is 13.8. The van der Waals surface area contributed by atoms with Crippen molar-refractivity contribution >= 4 is 29.1 Å². The third-order valence-corrected chi connectivity index (χ3v) is 9.40. The molecule has 0 spiro atoms. The molecule has 1 aromatic heterocycles. The minimum Gasteiger partial charge on any atom is -0.391 e. The molecule has 0 radical (unpaired) electrons. The first kappa shape index (κ1) is 33.0. The third-order valence-electron chi connectivity index (χ3n) is 8.42. The number of β-amino-alcohol motifs (C(OH)–C–C–N with tert-alkyl or cyclic N) is 1. The van der Waals surface area contributed by atoms with Crippen LogP contribution in [0.2, 0.25) is 0 Å². The number of ether oxygens (including phenoxy) is 1. The Balaban J connectivity index is 1.34.